The van der Waals surface area contributed by atoms with Gasteiger partial charge in [-0.15, -0.1) is 0 Å². The molecule has 21 heavy (non-hydrogen) atoms. The van der Waals surface area contributed by atoms with Gasteiger partial charge in [-0.25, -0.2) is 0 Å². The molecule has 1 saturated heterocycles. The van der Waals surface area contributed by atoms with E-state index >= 15 is 0 Å². The monoisotopic (exact) mass is 294 g/mol. The minimum absolute atomic E-state index is 0.204. The van der Waals surface area contributed by atoms with Crippen LogP contribution in [0.2, 0.25) is 0 Å². The third-order valence-corrected chi connectivity index (χ3v) is 4.81. The number of rotatable bonds is 6. The Kier molecular flexibility index (Phi) is 5.70. The lowest BCUT2D eigenvalue weighted by Crippen LogP contribution is -2.53. The average molecular weight is 294 g/mol. The number of hydrogen-bond donors (Lipinski definition) is 1. The predicted molar refractivity (Wildman–Crippen MR) is 88.2 cm³/mol. The van der Waals surface area contributed by atoms with Crippen molar-refractivity contribution >= 4 is 5.91 Å². The van der Waals surface area contributed by atoms with E-state index in [-0.39, 0.29) is 11.3 Å². The van der Waals surface area contributed by atoms with E-state index < -0.39 is 0 Å². The Bertz CT molecular complexity index is 344. The molecular formula is C18H34N2O. The van der Waals surface area contributed by atoms with Gasteiger partial charge in [0.05, 0.1) is 0 Å². The Morgan fingerprint density at radius 2 is 1.90 bits per heavy atom. The molecule has 3 heteroatoms. The second-order valence-corrected chi connectivity index (χ2v) is 8.33. The molecule has 1 aliphatic carbocycles. The molecule has 0 aromatic heterocycles. The van der Waals surface area contributed by atoms with Gasteiger partial charge in [-0.05, 0) is 37.5 Å². The van der Waals surface area contributed by atoms with Crippen LogP contribution in [-0.2, 0) is 4.79 Å². The first-order chi connectivity index (χ1) is 9.88. The average Bonchev–Trinajstić information content (AvgIpc) is 3.19. The van der Waals surface area contributed by atoms with Gasteiger partial charge in [0.2, 0.25) is 5.91 Å². The number of amides is 1. The van der Waals surface area contributed by atoms with Gasteiger partial charge in [0, 0.05) is 31.1 Å². The molecule has 1 N–H and O–H groups in total. The summed E-state index contributed by atoms with van der Waals surface area (Å²) in [5.41, 5.74) is -0.280. The van der Waals surface area contributed by atoms with E-state index in [0.29, 0.717) is 6.04 Å². The maximum atomic E-state index is 12.3. The molecule has 0 spiro atoms. The SMILES string of the molecule is CCCCC1CC(NC(=O)C(C)(C)C)CN(CC2CC2)C1. The Balaban J connectivity index is 1.89. The molecular weight excluding hydrogens is 260 g/mol. The molecule has 0 aromatic carbocycles. The largest absolute Gasteiger partial charge is 0.352 e. The lowest BCUT2D eigenvalue weighted by molar-refractivity contribution is -0.129. The van der Waals surface area contributed by atoms with Crippen molar-refractivity contribution in [3.63, 3.8) is 0 Å². The lowest BCUT2D eigenvalue weighted by atomic mass is 9.88. The molecule has 2 aliphatic rings. The van der Waals surface area contributed by atoms with Gasteiger partial charge >= 0.3 is 0 Å². The Hall–Kier alpha value is -0.570. The minimum Gasteiger partial charge on any atom is -0.352 e. The number of piperidine rings is 1. The highest BCUT2D eigenvalue weighted by Gasteiger charge is 2.33. The summed E-state index contributed by atoms with van der Waals surface area (Å²) in [6.45, 7) is 11.8. The van der Waals surface area contributed by atoms with Crippen LogP contribution in [-0.4, -0.2) is 36.5 Å². The van der Waals surface area contributed by atoms with Crippen LogP contribution in [0, 0.1) is 17.3 Å². The Labute approximate surface area is 130 Å². The van der Waals surface area contributed by atoms with Gasteiger partial charge in [0.15, 0.2) is 0 Å². The zero-order valence-electron chi connectivity index (χ0n) is 14.5. The molecule has 1 heterocycles. The molecule has 0 radical (unpaired) electrons. The van der Waals surface area contributed by atoms with Gasteiger partial charge in [0.25, 0.3) is 0 Å². The molecule has 1 aliphatic heterocycles. The summed E-state index contributed by atoms with van der Waals surface area (Å²) in [6, 6.07) is 0.353. The van der Waals surface area contributed by atoms with Gasteiger partial charge in [-0.3, -0.25) is 4.79 Å². The highest BCUT2D eigenvalue weighted by molar-refractivity contribution is 5.81. The van der Waals surface area contributed by atoms with Gasteiger partial charge in [0.1, 0.15) is 0 Å². The van der Waals surface area contributed by atoms with Crippen molar-refractivity contribution in [2.24, 2.45) is 17.3 Å². The molecule has 2 unspecified atom stereocenters. The Morgan fingerprint density at radius 3 is 2.48 bits per heavy atom. The highest BCUT2D eigenvalue weighted by atomic mass is 16.2. The van der Waals surface area contributed by atoms with Crippen molar-refractivity contribution in [2.45, 2.75) is 72.3 Å². The smallest absolute Gasteiger partial charge is 0.225 e. The van der Waals surface area contributed by atoms with E-state index in [1.807, 2.05) is 20.8 Å². The van der Waals surface area contributed by atoms with Gasteiger partial charge < -0.3 is 10.2 Å². The summed E-state index contributed by atoms with van der Waals surface area (Å²) < 4.78 is 0. The zero-order chi connectivity index (χ0) is 15.5. The molecule has 1 saturated carbocycles. The van der Waals surface area contributed by atoms with E-state index in [0.717, 1.165) is 18.4 Å². The molecule has 2 fully saturated rings. The number of nitrogens with zero attached hydrogens (tertiary/aromatic N) is 1. The maximum Gasteiger partial charge on any atom is 0.225 e. The van der Waals surface area contributed by atoms with Crippen LogP contribution in [0.4, 0.5) is 0 Å². The van der Waals surface area contributed by atoms with E-state index in [2.05, 4.69) is 17.1 Å². The number of carbonyl (C=O) groups excluding carboxylic acids is 1. The van der Waals surface area contributed by atoms with Crippen LogP contribution < -0.4 is 5.32 Å². The van der Waals surface area contributed by atoms with E-state index in [9.17, 15) is 4.79 Å². The van der Waals surface area contributed by atoms with Crippen molar-refractivity contribution in [1.82, 2.24) is 10.2 Å². The van der Waals surface area contributed by atoms with Crippen LogP contribution in [0.15, 0.2) is 0 Å². The molecule has 0 bridgehead atoms. The van der Waals surface area contributed by atoms with Crippen molar-refractivity contribution in [2.75, 3.05) is 19.6 Å². The lowest BCUT2D eigenvalue weighted by Gasteiger charge is -2.39. The number of likely N-dealkylation sites (tertiary alicyclic amines) is 1. The number of nitrogens with one attached hydrogen (secondary N) is 1. The van der Waals surface area contributed by atoms with E-state index in [1.54, 1.807) is 0 Å². The zero-order valence-corrected chi connectivity index (χ0v) is 14.5. The van der Waals surface area contributed by atoms with Gasteiger partial charge in [-0.1, -0.05) is 40.5 Å². The van der Waals surface area contributed by atoms with Crippen LogP contribution in [0.1, 0.15) is 66.2 Å². The maximum absolute atomic E-state index is 12.3. The summed E-state index contributed by atoms with van der Waals surface area (Å²) in [5, 5.41) is 3.31. The van der Waals surface area contributed by atoms with Crippen LogP contribution >= 0.6 is 0 Å². The number of carbonyl (C=O) groups is 1. The second-order valence-electron chi connectivity index (χ2n) is 8.33. The van der Waals surface area contributed by atoms with Crippen LogP contribution in [0.5, 0.6) is 0 Å². The molecule has 0 aromatic rings. The second kappa shape index (κ2) is 7.13. The predicted octanol–water partition coefficient (Wildman–Crippen LogP) is 3.44. The fourth-order valence-electron chi connectivity index (χ4n) is 3.33. The summed E-state index contributed by atoms with van der Waals surface area (Å²) in [5.74, 6) is 1.91. The first-order valence-electron chi connectivity index (χ1n) is 8.91. The molecule has 1 amide bonds. The fraction of sp³-hybridized carbons (Fsp3) is 0.944. The van der Waals surface area contributed by atoms with Crippen molar-refractivity contribution < 1.29 is 4.79 Å². The summed E-state index contributed by atoms with van der Waals surface area (Å²) in [7, 11) is 0. The third kappa shape index (κ3) is 5.61. The summed E-state index contributed by atoms with van der Waals surface area (Å²) in [6.07, 6.45) is 7.91. The highest BCUT2D eigenvalue weighted by Crippen LogP contribution is 2.32. The molecule has 3 nitrogen and oxygen atoms in total. The van der Waals surface area contributed by atoms with E-state index in [4.69, 9.17) is 0 Å². The standard InChI is InChI=1S/C18H34N2O/c1-5-6-7-15-10-16(19-17(21)18(2,3)4)13-20(12-15)11-14-8-9-14/h14-16H,5-13H2,1-4H3,(H,19,21). The number of hydrogen-bond acceptors (Lipinski definition) is 2. The Morgan fingerprint density at radius 1 is 1.19 bits per heavy atom. The van der Waals surface area contributed by atoms with Crippen molar-refractivity contribution in [1.29, 1.82) is 0 Å². The number of unbranched alkanes of at least 4 members (excludes halogenated alkanes) is 1. The molecule has 122 valence electrons. The van der Waals surface area contributed by atoms with Crippen LogP contribution in [0.3, 0.4) is 0 Å². The third-order valence-electron chi connectivity index (χ3n) is 4.81. The molecule has 2 rings (SSSR count). The van der Waals surface area contributed by atoms with Crippen molar-refractivity contribution in [3.8, 4) is 0 Å². The fourth-order valence-corrected chi connectivity index (χ4v) is 3.33. The van der Waals surface area contributed by atoms with Crippen molar-refractivity contribution in [3.05, 3.63) is 0 Å². The van der Waals surface area contributed by atoms with Crippen LogP contribution in [0.25, 0.3) is 0 Å². The quantitative estimate of drug-likeness (QED) is 0.814. The minimum atomic E-state index is -0.280. The summed E-state index contributed by atoms with van der Waals surface area (Å²) in [4.78, 5) is 14.9. The first kappa shape index (κ1) is 16.8. The molecule has 2 atom stereocenters. The normalized spacial score (nSPS) is 27.6. The van der Waals surface area contributed by atoms with E-state index in [1.165, 1.54) is 51.6 Å². The first-order valence-corrected chi connectivity index (χ1v) is 8.91. The topological polar surface area (TPSA) is 32.3 Å². The summed E-state index contributed by atoms with van der Waals surface area (Å²) >= 11 is 0. The van der Waals surface area contributed by atoms with Gasteiger partial charge in [-0.2, -0.15) is 0 Å².